The molecule has 0 spiro atoms. The van der Waals surface area contributed by atoms with Crippen molar-refractivity contribution in [2.24, 2.45) is 0 Å². The molecule has 16 heavy (non-hydrogen) atoms. The van der Waals surface area contributed by atoms with Gasteiger partial charge in [-0.2, -0.15) is 0 Å². The smallest absolute Gasteiger partial charge is 0.248 e. The summed E-state index contributed by atoms with van der Waals surface area (Å²) in [6, 6.07) is 0.394. The maximum atomic E-state index is 11.6. The van der Waals surface area contributed by atoms with Crippen molar-refractivity contribution in [1.29, 1.82) is 0 Å². The lowest BCUT2D eigenvalue weighted by atomic mass is 9.92. The lowest BCUT2D eigenvalue weighted by molar-refractivity contribution is -0.137. The van der Waals surface area contributed by atoms with Gasteiger partial charge in [-0.15, -0.1) is 0 Å². The lowest BCUT2D eigenvalue weighted by Gasteiger charge is -2.32. The molecule has 1 aliphatic carbocycles. The summed E-state index contributed by atoms with van der Waals surface area (Å²) >= 11 is 0. The Hall–Kier alpha value is -0.610. The molecule has 0 aliphatic heterocycles. The topological polar surface area (TPSA) is 50.4 Å². The van der Waals surface area contributed by atoms with Crippen LogP contribution >= 0.6 is 0 Å². The molecule has 0 bridgehead atoms. The highest BCUT2D eigenvalue weighted by Crippen LogP contribution is 2.22. The minimum atomic E-state index is -0.348. The zero-order chi connectivity index (χ0) is 12.0. The van der Waals surface area contributed by atoms with E-state index in [0.29, 0.717) is 12.6 Å². The molecule has 0 aromatic carbocycles. The Morgan fingerprint density at radius 2 is 2.12 bits per heavy atom. The Morgan fingerprint density at radius 1 is 1.44 bits per heavy atom. The second-order valence-corrected chi connectivity index (χ2v) is 4.39. The standard InChI is InChI=1S/C12H24N2O2/c1-4-14-12(15)9(2)16-11-8-6-5-7-10(11)13-3/h9-11,13H,4-8H2,1-3H3,(H,14,15). The Bertz CT molecular complexity index is 221. The van der Waals surface area contributed by atoms with Crippen molar-refractivity contribution in [1.82, 2.24) is 10.6 Å². The van der Waals surface area contributed by atoms with E-state index in [1.54, 1.807) is 0 Å². The van der Waals surface area contributed by atoms with Crippen LogP contribution in [0.5, 0.6) is 0 Å². The fourth-order valence-corrected chi connectivity index (χ4v) is 2.23. The quantitative estimate of drug-likeness (QED) is 0.739. The van der Waals surface area contributed by atoms with Crippen molar-refractivity contribution in [3.05, 3.63) is 0 Å². The van der Waals surface area contributed by atoms with Crippen molar-refractivity contribution < 1.29 is 9.53 Å². The first-order valence-electron chi connectivity index (χ1n) is 6.29. The summed E-state index contributed by atoms with van der Waals surface area (Å²) in [5, 5.41) is 6.06. The molecule has 0 aromatic heterocycles. The minimum Gasteiger partial charge on any atom is -0.364 e. The van der Waals surface area contributed by atoms with E-state index in [0.717, 1.165) is 12.8 Å². The molecule has 4 nitrogen and oxygen atoms in total. The summed E-state index contributed by atoms with van der Waals surface area (Å²) in [4.78, 5) is 11.6. The van der Waals surface area contributed by atoms with Gasteiger partial charge in [0.1, 0.15) is 6.10 Å². The number of hydrogen-bond acceptors (Lipinski definition) is 3. The van der Waals surface area contributed by atoms with Crippen molar-refractivity contribution in [2.75, 3.05) is 13.6 Å². The van der Waals surface area contributed by atoms with E-state index in [1.807, 2.05) is 20.9 Å². The van der Waals surface area contributed by atoms with Gasteiger partial charge in [0.2, 0.25) is 5.91 Å². The highest BCUT2D eigenvalue weighted by molar-refractivity contribution is 5.80. The molecule has 0 heterocycles. The first kappa shape index (κ1) is 13.5. The van der Waals surface area contributed by atoms with Crippen molar-refractivity contribution >= 4 is 5.91 Å². The summed E-state index contributed by atoms with van der Waals surface area (Å²) in [6.45, 7) is 4.40. The molecule has 0 aromatic rings. The van der Waals surface area contributed by atoms with Gasteiger partial charge in [0.25, 0.3) is 0 Å². The van der Waals surface area contributed by atoms with Crippen LogP contribution in [0.25, 0.3) is 0 Å². The van der Waals surface area contributed by atoms with Crippen LogP contribution < -0.4 is 10.6 Å². The first-order valence-corrected chi connectivity index (χ1v) is 6.29. The highest BCUT2D eigenvalue weighted by Gasteiger charge is 2.27. The molecule has 1 saturated carbocycles. The van der Waals surface area contributed by atoms with Crippen LogP contribution in [-0.2, 0) is 9.53 Å². The number of carbonyl (C=O) groups is 1. The lowest BCUT2D eigenvalue weighted by Crippen LogP contribution is -2.46. The number of ether oxygens (including phenoxy) is 1. The van der Waals surface area contributed by atoms with Crippen LogP contribution in [0.1, 0.15) is 39.5 Å². The number of rotatable bonds is 5. The molecular weight excluding hydrogens is 204 g/mol. The van der Waals surface area contributed by atoms with Crippen LogP contribution in [0.15, 0.2) is 0 Å². The SMILES string of the molecule is CCNC(=O)C(C)OC1CCCCC1NC. The van der Waals surface area contributed by atoms with E-state index >= 15 is 0 Å². The van der Waals surface area contributed by atoms with Gasteiger partial charge in [0.05, 0.1) is 6.10 Å². The van der Waals surface area contributed by atoms with E-state index < -0.39 is 0 Å². The second-order valence-electron chi connectivity index (χ2n) is 4.39. The third kappa shape index (κ3) is 3.76. The van der Waals surface area contributed by atoms with Crippen molar-refractivity contribution in [3.63, 3.8) is 0 Å². The third-order valence-corrected chi connectivity index (χ3v) is 3.17. The average molecular weight is 228 g/mol. The number of amides is 1. The molecule has 0 saturated heterocycles. The Kier molecular flexibility index (Phi) is 5.77. The number of likely N-dealkylation sites (N-methyl/N-ethyl adjacent to an activating group) is 2. The molecule has 1 aliphatic rings. The summed E-state index contributed by atoms with van der Waals surface area (Å²) in [6.07, 6.45) is 4.47. The van der Waals surface area contributed by atoms with E-state index in [2.05, 4.69) is 10.6 Å². The molecule has 94 valence electrons. The van der Waals surface area contributed by atoms with Crippen LogP contribution in [0, 0.1) is 0 Å². The van der Waals surface area contributed by atoms with Gasteiger partial charge in [-0.25, -0.2) is 0 Å². The Balaban J connectivity index is 2.41. The monoisotopic (exact) mass is 228 g/mol. The molecule has 0 radical (unpaired) electrons. The molecule has 1 fully saturated rings. The van der Waals surface area contributed by atoms with Crippen LogP contribution in [0.4, 0.5) is 0 Å². The second kappa shape index (κ2) is 6.86. The Labute approximate surface area is 98.1 Å². The molecule has 3 unspecified atom stereocenters. The van der Waals surface area contributed by atoms with Gasteiger partial charge < -0.3 is 15.4 Å². The van der Waals surface area contributed by atoms with Crippen LogP contribution in [0.3, 0.4) is 0 Å². The molecule has 4 heteroatoms. The normalized spacial score (nSPS) is 27.4. The fraction of sp³-hybridized carbons (Fsp3) is 0.917. The fourth-order valence-electron chi connectivity index (χ4n) is 2.23. The zero-order valence-corrected chi connectivity index (χ0v) is 10.6. The summed E-state index contributed by atoms with van der Waals surface area (Å²) < 4.78 is 5.83. The van der Waals surface area contributed by atoms with Gasteiger partial charge >= 0.3 is 0 Å². The highest BCUT2D eigenvalue weighted by atomic mass is 16.5. The van der Waals surface area contributed by atoms with Crippen LogP contribution in [0.2, 0.25) is 0 Å². The molecule has 2 N–H and O–H groups in total. The van der Waals surface area contributed by atoms with Crippen molar-refractivity contribution in [3.8, 4) is 0 Å². The van der Waals surface area contributed by atoms with Crippen molar-refractivity contribution in [2.45, 2.75) is 57.8 Å². The van der Waals surface area contributed by atoms with E-state index in [1.165, 1.54) is 12.8 Å². The predicted molar refractivity (Wildman–Crippen MR) is 64.3 cm³/mol. The van der Waals surface area contributed by atoms with Gasteiger partial charge in [-0.05, 0) is 33.7 Å². The van der Waals surface area contributed by atoms with E-state index in [-0.39, 0.29) is 18.1 Å². The minimum absolute atomic E-state index is 0.0112. The van der Waals surface area contributed by atoms with E-state index in [4.69, 9.17) is 4.74 Å². The number of carbonyl (C=O) groups excluding carboxylic acids is 1. The van der Waals surface area contributed by atoms with Crippen LogP contribution in [-0.4, -0.2) is 37.7 Å². The Morgan fingerprint density at radius 3 is 2.75 bits per heavy atom. The van der Waals surface area contributed by atoms with Gasteiger partial charge in [-0.1, -0.05) is 12.8 Å². The summed E-state index contributed by atoms with van der Waals surface area (Å²) in [5.74, 6) is -0.0112. The largest absolute Gasteiger partial charge is 0.364 e. The molecule has 1 rings (SSSR count). The first-order chi connectivity index (χ1) is 7.69. The average Bonchev–Trinajstić information content (AvgIpc) is 2.30. The maximum Gasteiger partial charge on any atom is 0.248 e. The number of hydrogen-bond donors (Lipinski definition) is 2. The van der Waals surface area contributed by atoms with E-state index in [9.17, 15) is 4.79 Å². The third-order valence-electron chi connectivity index (χ3n) is 3.17. The number of nitrogens with one attached hydrogen (secondary N) is 2. The predicted octanol–water partition coefficient (Wildman–Crippen LogP) is 1.06. The summed E-state index contributed by atoms with van der Waals surface area (Å²) in [7, 11) is 1.96. The summed E-state index contributed by atoms with van der Waals surface area (Å²) in [5.41, 5.74) is 0. The van der Waals surface area contributed by atoms with Gasteiger partial charge in [-0.3, -0.25) is 4.79 Å². The molecule has 1 amide bonds. The zero-order valence-electron chi connectivity index (χ0n) is 10.6. The van der Waals surface area contributed by atoms with Gasteiger partial charge in [0, 0.05) is 12.6 Å². The van der Waals surface area contributed by atoms with Gasteiger partial charge in [0.15, 0.2) is 0 Å². The molecular formula is C12H24N2O2. The maximum absolute atomic E-state index is 11.6. The molecule has 3 atom stereocenters.